The Morgan fingerprint density at radius 3 is 2.33 bits per heavy atom. The van der Waals surface area contributed by atoms with Crippen molar-refractivity contribution in [2.24, 2.45) is 0 Å². The molecule has 5 heteroatoms. The molecule has 2 N–H and O–H groups in total. The van der Waals surface area contributed by atoms with Crippen LogP contribution in [0.15, 0.2) is 30.3 Å². The summed E-state index contributed by atoms with van der Waals surface area (Å²) in [4.78, 5) is 0. The maximum absolute atomic E-state index is 12.9. The van der Waals surface area contributed by atoms with E-state index in [1.54, 1.807) is 25.1 Å². The van der Waals surface area contributed by atoms with Crippen LogP contribution in [-0.2, 0) is 0 Å². The van der Waals surface area contributed by atoms with Gasteiger partial charge in [0.15, 0.2) is 0 Å². The van der Waals surface area contributed by atoms with Gasteiger partial charge in [0.1, 0.15) is 6.04 Å². The Kier molecular flexibility index (Phi) is 5.62. The fraction of sp³-hybridized carbons (Fsp3) is 0.538. The first-order chi connectivity index (χ1) is 8.41. The highest BCUT2D eigenvalue weighted by Gasteiger charge is 2.40. The molecule has 102 valence electrons. The molecule has 0 saturated heterocycles. The van der Waals surface area contributed by atoms with Gasteiger partial charge in [0.05, 0.1) is 6.10 Å². The topological polar surface area (TPSA) is 32.3 Å². The molecule has 0 aromatic heterocycles. The van der Waals surface area contributed by atoms with Gasteiger partial charge >= 0.3 is 6.18 Å². The molecule has 2 unspecified atom stereocenters. The van der Waals surface area contributed by atoms with E-state index >= 15 is 0 Å². The second-order valence-electron chi connectivity index (χ2n) is 4.33. The highest BCUT2D eigenvalue weighted by molar-refractivity contribution is 5.20. The van der Waals surface area contributed by atoms with Crippen molar-refractivity contribution in [3.63, 3.8) is 0 Å². The van der Waals surface area contributed by atoms with Gasteiger partial charge in [-0.2, -0.15) is 13.2 Å². The van der Waals surface area contributed by atoms with Gasteiger partial charge < -0.3 is 10.4 Å². The van der Waals surface area contributed by atoms with Crippen molar-refractivity contribution in [1.82, 2.24) is 5.32 Å². The molecule has 0 bridgehead atoms. The van der Waals surface area contributed by atoms with Crippen molar-refractivity contribution in [3.05, 3.63) is 35.9 Å². The van der Waals surface area contributed by atoms with Gasteiger partial charge in [-0.15, -0.1) is 0 Å². The number of halogens is 3. The van der Waals surface area contributed by atoms with Crippen LogP contribution in [0, 0.1) is 0 Å². The first-order valence-corrected chi connectivity index (χ1v) is 5.94. The van der Waals surface area contributed by atoms with Gasteiger partial charge in [0.25, 0.3) is 0 Å². The Balaban J connectivity index is 2.58. The highest BCUT2D eigenvalue weighted by atomic mass is 19.4. The predicted molar refractivity (Wildman–Crippen MR) is 64.2 cm³/mol. The summed E-state index contributed by atoms with van der Waals surface area (Å²) in [5.74, 6) is 0. The molecule has 0 heterocycles. The van der Waals surface area contributed by atoms with Gasteiger partial charge in [-0.25, -0.2) is 0 Å². The van der Waals surface area contributed by atoms with E-state index in [2.05, 4.69) is 5.32 Å². The molecule has 0 aliphatic carbocycles. The number of hydrogen-bond acceptors (Lipinski definition) is 2. The third-order valence-electron chi connectivity index (χ3n) is 2.61. The molecule has 2 atom stereocenters. The van der Waals surface area contributed by atoms with Crippen molar-refractivity contribution < 1.29 is 18.3 Å². The number of rotatable bonds is 6. The molecule has 0 radical (unpaired) electrons. The summed E-state index contributed by atoms with van der Waals surface area (Å²) in [7, 11) is 0. The summed E-state index contributed by atoms with van der Waals surface area (Å²) in [5.41, 5.74) is 0.210. The largest absolute Gasteiger partial charge is 0.407 e. The van der Waals surface area contributed by atoms with Crippen molar-refractivity contribution >= 4 is 0 Å². The normalized spacial score (nSPS) is 15.4. The van der Waals surface area contributed by atoms with E-state index in [0.29, 0.717) is 12.8 Å². The smallest absolute Gasteiger partial charge is 0.393 e. The third-order valence-corrected chi connectivity index (χ3v) is 2.61. The van der Waals surface area contributed by atoms with Crippen LogP contribution < -0.4 is 5.32 Å². The Bertz CT molecular complexity index is 338. The zero-order valence-corrected chi connectivity index (χ0v) is 10.2. The molecule has 0 aliphatic heterocycles. The fourth-order valence-electron chi connectivity index (χ4n) is 1.71. The minimum atomic E-state index is -4.31. The van der Waals surface area contributed by atoms with Crippen molar-refractivity contribution in [2.45, 2.75) is 38.1 Å². The SMILES string of the molecule is CC(O)CCCNC(c1ccccc1)C(F)(F)F. The van der Waals surface area contributed by atoms with Gasteiger partial charge in [0.2, 0.25) is 0 Å². The summed E-state index contributed by atoms with van der Waals surface area (Å²) in [5, 5.41) is 11.5. The number of benzene rings is 1. The van der Waals surface area contributed by atoms with Crippen molar-refractivity contribution in [1.29, 1.82) is 0 Å². The molecule has 0 aliphatic rings. The maximum atomic E-state index is 12.9. The average Bonchev–Trinajstić information content (AvgIpc) is 2.28. The van der Waals surface area contributed by atoms with Crippen LogP contribution in [0.2, 0.25) is 0 Å². The van der Waals surface area contributed by atoms with Gasteiger partial charge in [0, 0.05) is 0 Å². The van der Waals surface area contributed by atoms with E-state index in [1.807, 2.05) is 0 Å². The van der Waals surface area contributed by atoms with Gasteiger partial charge in [-0.1, -0.05) is 30.3 Å². The second-order valence-corrected chi connectivity index (χ2v) is 4.33. The zero-order valence-electron chi connectivity index (χ0n) is 10.2. The predicted octanol–water partition coefficient (Wildman–Crippen LogP) is 3.04. The number of nitrogens with one attached hydrogen (secondary N) is 1. The number of alkyl halides is 3. The van der Waals surface area contributed by atoms with Gasteiger partial charge in [-0.05, 0) is 31.9 Å². The van der Waals surface area contributed by atoms with Gasteiger partial charge in [-0.3, -0.25) is 0 Å². The van der Waals surface area contributed by atoms with Crippen LogP contribution >= 0.6 is 0 Å². The molecule has 0 saturated carbocycles. The average molecular weight is 261 g/mol. The van der Waals surface area contributed by atoms with E-state index in [1.165, 1.54) is 12.1 Å². The molecule has 2 nitrogen and oxygen atoms in total. The quantitative estimate of drug-likeness (QED) is 0.771. The van der Waals surface area contributed by atoms with Crippen LogP contribution in [-0.4, -0.2) is 23.9 Å². The molecule has 0 amide bonds. The van der Waals surface area contributed by atoms with Crippen LogP contribution in [0.4, 0.5) is 13.2 Å². The maximum Gasteiger partial charge on any atom is 0.407 e. The summed E-state index contributed by atoms with van der Waals surface area (Å²) in [6.45, 7) is 1.85. The summed E-state index contributed by atoms with van der Waals surface area (Å²) >= 11 is 0. The van der Waals surface area contributed by atoms with Crippen LogP contribution in [0.25, 0.3) is 0 Å². The minimum absolute atomic E-state index is 0.210. The third kappa shape index (κ3) is 5.06. The molecule has 1 aromatic rings. The van der Waals surface area contributed by atoms with Crippen molar-refractivity contribution in [3.8, 4) is 0 Å². The Hall–Kier alpha value is -1.07. The van der Waals surface area contributed by atoms with E-state index in [4.69, 9.17) is 5.11 Å². The first-order valence-electron chi connectivity index (χ1n) is 5.94. The van der Waals surface area contributed by atoms with E-state index < -0.39 is 18.3 Å². The Morgan fingerprint density at radius 1 is 1.22 bits per heavy atom. The summed E-state index contributed by atoms with van der Waals surface area (Å²) in [6, 6.07) is 6.13. The van der Waals surface area contributed by atoms with Crippen LogP contribution in [0.3, 0.4) is 0 Å². The number of aliphatic hydroxyl groups excluding tert-OH is 1. The Labute approximate surface area is 105 Å². The van der Waals surface area contributed by atoms with E-state index in [0.717, 1.165) is 0 Å². The molecular weight excluding hydrogens is 243 g/mol. The summed E-state index contributed by atoms with van der Waals surface area (Å²) < 4.78 is 38.6. The summed E-state index contributed by atoms with van der Waals surface area (Å²) in [6.07, 6.45) is -3.79. The molecule has 0 fully saturated rings. The molecular formula is C13H18F3NO. The zero-order chi connectivity index (χ0) is 13.6. The number of hydrogen-bond donors (Lipinski definition) is 2. The van der Waals surface area contributed by atoms with E-state index in [9.17, 15) is 13.2 Å². The number of aliphatic hydroxyl groups is 1. The second kappa shape index (κ2) is 6.75. The van der Waals surface area contributed by atoms with Crippen molar-refractivity contribution in [2.75, 3.05) is 6.54 Å². The molecule has 18 heavy (non-hydrogen) atoms. The molecule has 1 aromatic carbocycles. The monoisotopic (exact) mass is 261 g/mol. The lowest BCUT2D eigenvalue weighted by molar-refractivity contribution is -0.157. The standard InChI is InChI=1S/C13H18F3NO/c1-10(18)6-5-9-17-12(13(14,15)16)11-7-3-2-4-8-11/h2-4,7-8,10,12,17-18H,5-6,9H2,1H3. The minimum Gasteiger partial charge on any atom is -0.393 e. The highest BCUT2D eigenvalue weighted by Crippen LogP contribution is 2.32. The lowest BCUT2D eigenvalue weighted by atomic mass is 10.1. The fourth-order valence-corrected chi connectivity index (χ4v) is 1.71. The Morgan fingerprint density at radius 2 is 1.83 bits per heavy atom. The van der Waals surface area contributed by atoms with E-state index in [-0.39, 0.29) is 12.1 Å². The lowest BCUT2D eigenvalue weighted by Gasteiger charge is -2.22. The molecule has 1 rings (SSSR count). The van der Waals surface area contributed by atoms with Crippen LogP contribution in [0.5, 0.6) is 0 Å². The van der Waals surface area contributed by atoms with Crippen LogP contribution in [0.1, 0.15) is 31.4 Å². The molecule has 0 spiro atoms. The lowest BCUT2D eigenvalue weighted by Crippen LogP contribution is -2.34. The first kappa shape index (κ1) is 15.0.